The van der Waals surface area contributed by atoms with Crippen molar-refractivity contribution in [1.29, 1.82) is 0 Å². The highest BCUT2D eigenvalue weighted by atomic mass is 35.5. The molecule has 0 aliphatic heterocycles. The number of aromatic nitrogens is 4. The second-order valence-electron chi connectivity index (χ2n) is 36.3. The van der Waals surface area contributed by atoms with Crippen molar-refractivity contribution in [3.05, 3.63) is 524 Å². The highest BCUT2D eigenvalue weighted by Crippen LogP contribution is 2.42. The SMILES string of the molecule is CC.CC.CC.CC.CC.CC(C)(C)C(c1ccccc1)c1ccccc1.CC(C)Oc1ncc([C@@H](C)c2ccccc2)cc1Cl.CC(C)Oc1ncc([C@@H](c2ccccc2)C(C)C)cc1Cl.CC(C)[C@@H](c1ccccc1)c1ccccc1F.C[C@@H](c1ccccc1)c1ccc(OC(F)(F)F)cc1.C[C@@H](c1ccccc1)c1ccccn1.C[C@H](c1ccccc1)c1ccc(OC(F)(F)F)cc1.C[C@H](c1ccccc1)c1ccccn1. The molecule has 0 amide bonds. The Labute approximate surface area is 903 Å². The Morgan fingerprint density at radius 1 is 0.247 bits per heavy atom. The minimum atomic E-state index is -4.65. The quantitative estimate of drug-likeness (QED) is 0.0553. The van der Waals surface area contributed by atoms with E-state index in [0.717, 1.165) is 50.3 Å². The van der Waals surface area contributed by atoms with Crippen LogP contribution in [0.3, 0.4) is 0 Å². The van der Waals surface area contributed by atoms with E-state index >= 15 is 0 Å². The second kappa shape index (κ2) is 70.5. The number of alkyl halides is 6. The first-order valence-corrected chi connectivity index (χ1v) is 53.1. The summed E-state index contributed by atoms with van der Waals surface area (Å²) in [6.07, 6.45) is -1.76. The third-order valence-corrected chi connectivity index (χ3v) is 23.8. The molecule has 8 nitrogen and oxygen atoms in total. The van der Waals surface area contributed by atoms with Gasteiger partial charge in [-0.05, 0) is 190 Å². The number of nitrogens with zero attached hydrogens (tertiary/aromatic N) is 4. The van der Waals surface area contributed by atoms with Gasteiger partial charge in [0, 0.05) is 83.5 Å². The molecule has 16 rings (SSSR count). The maximum Gasteiger partial charge on any atom is 0.573 e. The van der Waals surface area contributed by atoms with Gasteiger partial charge in [0.25, 0.3) is 0 Å². The summed E-state index contributed by atoms with van der Waals surface area (Å²) in [5, 5.41) is 1.14. The van der Waals surface area contributed by atoms with Gasteiger partial charge in [0.15, 0.2) is 0 Å². The van der Waals surface area contributed by atoms with Crippen molar-refractivity contribution < 1.29 is 49.7 Å². The third kappa shape index (κ3) is 46.3. The zero-order valence-electron chi connectivity index (χ0n) is 92.6. The molecule has 0 fully saturated rings. The molecule has 4 aromatic heterocycles. The van der Waals surface area contributed by atoms with Gasteiger partial charge in [-0.25, -0.2) is 14.4 Å². The number of hydrogen-bond acceptors (Lipinski definition) is 8. The van der Waals surface area contributed by atoms with Crippen molar-refractivity contribution in [2.24, 2.45) is 17.3 Å². The third-order valence-electron chi connectivity index (χ3n) is 23.2. The molecule has 12 aromatic carbocycles. The number of benzene rings is 12. The summed E-state index contributed by atoms with van der Waals surface area (Å²) in [4.78, 5) is 17.4. The fourth-order valence-electron chi connectivity index (χ4n) is 16.1. The number of hydrogen-bond donors (Lipinski definition) is 0. The van der Waals surface area contributed by atoms with E-state index in [-0.39, 0.29) is 64.5 Å². The molecular formula is C133H159Cl2F7N4O4. The van der Waals surface area contributed by atoms with Gasteiger partial charge in [-0.1, -0.05) is 503 Å². The fourth-order valence-corrected chi connectivity index (χ4v) is 16.6. The second-order valence-corrected chi connectivity index (χ2v) is 37.1. The van der Waals surface area contributed by atoms with Crippen LogP contribution in [-0.4, -0.2) is 44.9 Å². The molecule has 0 bridgehead atoms. The molecule has 7 atom stereocenters. The smallest absolute Gasteiger partial charge is 0.474 e. The van der Waals surface area contributed by atoms with Crippen LogP contribution in [0.5, 0.6) is 23.3 Å². The maximum absolute atomic E-state index is 13.9. The van der Waals surface area contributed by atoms with Crippen LogP contribution in [-0.2, 0) is 0 Å². The maximum atomic E-state index is 13.9. The lowest BCUT2D eigenvalue weighted by Gasteiger charge is -2.31. The van der Waals surface area contributed by atoms with Gasteiger partial charge in [0.2, 0.25) is 11.8 Å². The predicted octanol–water partition coefficient (Wildman–Crippen LogP) is 40.5. The summed E-state index contributed by atoms with van der Waals surface area (Å²) >= 11 is 12.5. The first-order chi connectivity index (χ1) is 72.0. The molecule has 17 heteroatoms. The van der Waals surface area contributed by atoms with Crippen LogP contribution >= 0.6 is 23.2 Å². The number of rotatable bonds is 24. The van der Waals surface area contributed by atoms with Crippen LogP contribution in [0, 0.1) is 23.1 Å². The van der Waals surface area contributed by atoms with Gasteiger partial charge in [-0.2, -0.15) is 0 Å². The summed E-state index contributed by atoms with van der Waals surface area (Å²) in [7, 11) is 0. The molecule has 0 aliphatic carbocycles. The molecule has 150 heavy (non-hydrogen) atoms. The summed E-state index contributed by atoms with van der Waals surface area (Å²) in [5.41, 5.74) is 18.7. The van der Waals surface area contributed by atoms with Crippen molar-refractivity contribution in [1.82, 2.24) is 19.9 Å². The molecule has 0 radical (unpaired) electrons. The highest BCUT2D eigenvalue weighted by Gasteiger charge is 2.33. The van der Waals surface area contributed by atoms with Crippen LogP contribution in [0.15, 0.2) is 419 Å². The Kier molecular flexibility index (Phi) is 60.5. The molecule has 0 saturated carbocycles. The average molecular weight is 2080 g/mol. The lowest BCUT2D eigenvalue weighted by molar-refractivity contribution is -0.275. The van der Waals surface area contributed by atoms with E-state index in [1.165, 1.54) is 69.3 Å². The van der Waals surface area contributed by atoms with Crippen LogP contribution in [0.1, 0.15) is 317 Å². The largest absolute Gasteiger partial charge is 0.573 e. The Morgan fingerprint density at radius 3 is 0.747 bits per heavy atom. The lowest BCUT2D eigenvalue weighted by atomic mass is 9.73. The van der Waals surface area contributed by atoms with E-state index in [2.05, 4.69) is 269 Å². The number of pyridine rings is 4. The first kappa shape index (κ1) is 129. The molecule has 0 spiro atoms. The molecule has 4 heterocycles. The van der Waals surface area contributed by atoms with Crippen LogP contribution in [0.4, 0.5) is 30.7 Å². The Hall–Kier alpha value is -13.5. The lowest BCUT2D eigenvalue weighted by Crippen LogP contribution is -2.19. The van der Waals surface area contributed by atoms with Crippen LogP contribution < -0.4 is 18.9 Å². The minimum absolute atomic E-state index is 0.0656. The fraction of sp³-hybridized carbons (Fsp3) is 0.308. The summed E-state index contributed by atoms with van der Waals surface area (Å²) in [5.74, 6) is 3.44. The minimum Gasteiger partial charge on any atom is -0.474 e. The summed E-state index contributed by atoms with van der Waals surface area (Å²) in [6, 6.07) is 128. The molecule has 0 N–H and O–H groups in total. The molecule has 16 aromatic rings. The monoisotopic (exact) mass is 2080 g/mol. The molecule has 798 valence electrons. The van der Waals surface area contributed by atoms with Gasteiger partial charge in [-0.3, -0.25) is 9.97 Å². The summed E-state index contributed by atoms with van der Waals surface area (Å²) in [6.45, 7) is 54.0. The topological polar surface area (TPSA) is 88.5 Å². The first-order valence-electron chi connectivity index (χ1n) is 52.4. The highest BCUT2D eigenvalue weighted by molar-refractivity contribution is 6.32. The van der Waals surface area contributed by atoms with Crippen molar-refractivity contribution in [3.63, 3.8) is 0 Å². The van der Waals surface area contributed by atoms with Crippen LogP contribution in [0.2, 0.25) is 10.0 Å². The number of ether oxygens (including phenoxy) is 4. The van der Waals surface area contributed by atoms with Gasteiger partial charge in [0.05, 0.1) is 12.2 Å². The van der Waals surface area contributed by atoms with Gasteiger partial charge >= 0.3 is 12.7 Å². The van der Waals surface area contributed by atoms with E-state index < -0.39 is 12.7 Å². The Morgan fingerprint density at radius 2 is 0.487 bits per heavy atom. The van der Waals surface area contributed by atoms with Crippen molar-refractivity contribution >= 4 is 23.2 Å². The van der Waals surface area contributed by atoms with E-state index in [4.69, 9.17) is 32.7 Å². The van der Waals surface area contributed by atoms with Gasteiger partial charge in [-0.15, -0.1) is 26.3 Å². The summed E-state index contributed by atoms with van der Waals surface area (Å²) < 4.78 is 105. The van der Waals surface area contributed by atoms with E-state index in [1.807, 2.05) is 299 Å². The van der Waals surface area contributed by atoms with Gasteiger partial charge in [0.1, 0.15) is 27.4 Å². The van der Waals surface area contributed by atoms with E-state index in [9.17, 15) is 30.7 Å². The predicted molar refractivity (Wildman–Crippen MR) is 618 cm³/mol. The van der Waals surface area contributed by atoms with E-state index in [0.29, 0.717) is 51.4 Å². The standard InChI is InChI=1S/C18H22ClNO.C17H20.C16H18ClNO.C16H17F.2C15H13F3O.2C13H13N.5C2H6/c1-12(2)17(14-8-6-5-7-9-14)15-10-16(19)18(20-11-15)21-13(3)4;1-17(2,3)16(14-10-6-4-7-11-14)15-12-8-5-9-13-15;1-11(2)19-16-15(17)9-14(10-18-16)12(3)13-7-5-4-6-8-13;1-12(2)16(13-8-4-3-5-9-13)14-10-6-7-11-15(14)17;2*1-11(12-5-3-2-4-6-12)13-7-9-14(10-8-13)19-15(16,17)18;2*1-11(12-7-3-2-4-8-12)13-9-5-6-10-14-13;5*1-2/h5-13,17H,1-4H3;4-13,16H,1-3H3;4-12H,1-3H3;3-12,16H,1-2H3;2*2-11H,1H3;2*2-11H,1H3;5*1-2H3/t17-;;12-;16-;4*11-;;;;;/m1.001010...../s1. The van der Waals surface area contributed by atoms with Crippen molar-refractivity contribution in [2.75, 3.05) is 0 Å². The average Bonchev–Trinajstić information content (AvgIpc) is 0.810. The van der Waals surface area contributed by atoms with Crippen molar-refractivity contribution in [3.8, 4) is 23.3 Å². The number of halogens is 9. The van der Waals surface area contributed by atoms with E-state index in [1.54, 1.807) is 30.3 Å². The molecule has 0 saturated heterocycles. The molecular weight excluding hydrogens is 1920 g/mol. The van der Waals surface area contributed by atoms with Gasteiger partial charge < -0.3 is 18.9 Å². The zero-order valence-corrected chi connectivity index (χ0v) is 94.1. The zero-order chi connectivity index (χ0) is 111. The molecule has 0 unspecified atom stereocenters. The normalized spacial score (nSPS) is 11.9. The van der Waals surface area contributed by atoms with Crippen molar-refractivity contribution in [2.45, 2.75) is 252 Å². The Bertz CT molecular complexity index is 5830. The Balaban J connectivity index is 0.000000353. The molecule has 0 aliphatic rings. The van der Waals surface area contributed by atoms with Crippen LogP contribution in [0.25, 0.3) is 0 Å².